The molecule has 0 unspecified atom stereocenters. The quantitative estimate of drug-likeness (QED) is 0.785. The molecule has 2 aliphatic heterocycles. The van der Waals surface area contributed by atoms with Gasteiger partial charge in [0.25, 0.3) is 0 Å². The molecule has 1 aromatic carbocycles. The Morgan fingerprint density at radius 2 is 1.94 bits per heavy atom. The van der Waals surface area contributed by atoms with E-state index in [1.807, 2.05) is 23.1 Å². The van der Waals surface area contributed by atoms with E-state index in [-0.39, 0.29) is 17.9 Å². The lowest BCUT2D eigenvalue weighted by atomic mass is 9.78. The number of halogens is 1. The van der Waals surface area contributed by atoms with Gasteiger partial charge < -0.3 is 10.2 Å². The van der Waals surface area contributed by atoms with E-state index in [0.717, 1.165) is 26.1 Å². The van der Waals surface area contributed by atoms with Crippen molar-refractivity contribution in [3.63, 3.8) is 0 Å². The molecule has 0 atom stereocenters. The van der Waals surface area contributed by atoms with Crippen molar-refractivity contribution in [3.8, 4) is 0 Å². The second-order valence-electron chi connectivity index (χ2n) is 4.47. The van der Waals surface area contributed by atoms with Crippen LogP contribution < -0.4 is 5.32 Å². The van der Waals surface area contributed by atoms with Crippen LogP contribution in [0.2, 0.25) is 0 Å². The van der Waals surface area contributed by atoms with E-state index >= 15 is 0 Å². The molecule has 1 N–H and O–H groups in total. The minimum Gasteiger partial charge on any atom is -0.330 e. The van der Waals surface area contributed by atoms with Crippen molar-refractivity contribution in [2.45, 2.75) is 18.5 Å². The van der Waals surface area contributed by atoms with Gasteiger partial charge in [-0.2, -0.15) is 0 Å². The zero-order chi connectivity index (χ0) is 10.3. The molecule has 0 aromatic heterocycles. The Hall–Kier alpha value is -1.06. The highest BCUT2D eigenvalue weighted by molar-refractivity contribution is 5.86. The number of nitrogens with zero attached hydrogens (tertiary/aromatic N) is 1. The molecular formula is C12H15ClN2O. The van der Waals surface area contributed by atoms with E-state index in [4.69, 9.17) is 0 Å². The van der Waals surface area contributed by atoms with Crippen molar-refractivity contribution >= 4 is 18.3 Å². The Morgan fingerprint density at radius 1 is 1.25 bits per heavy atom. The number of carbonyl (C=O) groups is 1. The van der Waals surface area contributed by atoms with Crippen molar-refractivity contribution in [1.82, 2.24) is 10.2 Å². The first-order valence-electron chi connectivity index (χ1n) is 5.35. The van der Waals surface area contributed by atoms with Crippen LogP contribution in [0.5, 0.6) is 0 Å². The molecule has 2 heterocycles. The fourth-order valence-corrected chi connectivity index (χ4v) is 2.40. The predicted molar refractivity (Wildman–Crippen MR) is 64.5 cm³/mol. The summed E-state index contributed by atoms with van der Waals surface area (Å²) in [6.07, 6.45) is 0.729. The van der Waals surface area contributed by atoms with Gasteiger partial charge in [-0.3, -0.25) is 4.79 Å². The summed E-state index contributed by atoms with van der Waals surface area (Å²) in [5, 5.41) is 3.25. The highest BCUT2D eigenvalue weighted by Crippen LogP contribution is 2.36. The van der Waals surface area contributed by atoms with Gasteiger partial charge in [0.05, 0.1) is 12.0 Å². The molecular weight excluding hydrogens is 224 g/mol. The van der Waals surface area contributed by atoms with Gasteiger partial charge in [-0.05, 0) is 5.56 Å². The van der Waals surface area contributed by atoms with Gasteiger partial charge in [-0.25, -0.2) is 0 Å². The molecule has 16 heavy (non-hydrogen) atoms. The smallest absolute Gasteiger partial charge is 0.225 e. The fourth-order valence-electron chi connectivity index (χ4n) is 2.40. The van der Waals surface area contributed by atoms with Crippen LogP contribution in [0.3, 0.4) is 0 Å². The lowest BCUT2D eigenvalue weighted by Crippen LogP contribution is -2.77. The zero-order valence-corrected chi connectivity index (χ0v) is 9.80. The van der Waals surface area contributed by atoms with Crippen molar-refractivity contribution in [1.29, 1.82) is 0 Å². The number of rotatable bonds is 2. The summed E-state index contributed by atoms with van der Waals surface area (Å²) in [4.78, 5) is 13.6. The maximum Gasteiger partial charge on any atom is 0.225 e. The third-order valence-corrected chi connectivity index (χ3v) is 3.45. The molecule has 2 aliphatic rings. The molecule has 86 valence electrons. The Balaban J connectivity index is 0.000000963. The Morgan fingerprint density at radius 3 is 2.44 bits per heavy atom. The number of carbonyl (C=O) groups excluding carboxylic acids is 1. The second-order valence-corrected chi connectivity index (χ2v) is 4.47. The topological polar surface area (TPSA) is 32.3 Å². The molecule has 1 spiro atoms. The SMILES string of the molecule is Cl.O=C1CC2(CNC2)N1Cc1ccccc1. The summed E-state index contributed by atoms with van der Waals surface area (Å²) in [5.74, 6) is 0.292. The normalized spacial score (nSPS) is 21.0. The zero-order valence-electron chi connectivity index (χ0n) is 8.98. The average Bonchev–Trinajstić information content (AvgIpc) is 2.21. The van der Waals surface area contributed by atoms with E-state index in [0.29, 0.717) is 5.91 Å². The molecule has 2 fully saturated rings. The third kappa shape index (κ3) is 1.60. The Labute approximate surface area is 101 Å². The van der Waals surface area contributed by atoms with Crippen molar-refractivity contribution in [3.05, 3.63) is 35.9 Å². The van der Waals surface area contributed by atoms with Gasteiger partial charge in [0.15, 0.2) is 0 Å². The fraction of sp³-hybridized carbons (Fsp3) is 0.417. The first-order chi connectivity index (χ1) is 7.30. The first-order valence-corrected chi connectivity index (χ1v) is 5.35. The average molecular weight is 239 g/mol. The maximum atomic E-state index is 11.5. The van der Waals surface area contributed by atoms with Gasteiger partial charge >= 0.3 is 0 Å². The van der Waals surface area contributed by atoms with Crippen molar-refractivity contribution < 1.29 is 4.79 Å². The van der Waals surface area contributed by atoms with Crippen molar-refractivity contribution in [2.75, 3.05) is 13.1 Å². The highest BCUT2D eigenvalue weighted by atomic mass is 35.5. The van der Waals surface area contributed by atoms with Crippen LogP contribution in [0.25, 0.3) is 0 Å². The Bertz CT molecular complexity index is 389. The third-order valence-electron chi connectivity index (χ3n) is 3.45. The number of β-lactam (4-membered cyclic amide) rings is 1. The standard InChI is InChI=1S/C12H14N2O.ClH/c15-11-6-12(8-13-9-12)14(11)7-10-4-2-1-3-5-10;/h1-5,13H,6-9H2;1H. The lowest BCUT2D eigenvalue weighted by molar-refractivity contribution is -0.163. The van der Waals surface area contributed by atoms with Crippen LogP contribution in [0.4, 0.5) is 0 Å². The van der Waals surface area contributed by atoms with Gasteiger partial charge in [-0.1, -0.05) is 30.3 Å². The van der Waals surface area contributed by atoms with Crippen LogP contribution in [0.1, 0.15) is 12.0 Å². The van der Waals surface area contributed by atoms with Crippen LogP contribution in [0.15, 0.2) is 30.3 Å². The maximum absolute atomic E-state index is 11.5. The van der Waals surface area contributed by atoms with E-state index in [9.17, 15) is 4.79 Å². The minimum absolute atomic E-state index is 0. The highest BCUT2D eigenvalue weighted by Gasteiger charge is 2.54. The summed E-state index contributed by atoms with van der Waals surface area (Å²) >= 11 is 0. The molecule has 0 radical (unpaired) electrons. The summed E-state index contributed by atoms with van der Waals surface area (Å²) in [6, 6.07) is 10.2. The van der Waals surface area contributed by atoms with Crippen molar-refractivity contribution in [2.24, 2.45) is 0 Å². The van der Waals surface area contributed by atoms with Crippen LogP contribution in [-0.4, -0.2) is 29.4 Å². The molecule has 4 heteroatoms. The van der Waals surface area contributed by atoms with Crippen LogP contribution in [-0.2, 0) is 11.3 Å². The summed E-state index contributed by atoms with van der Waals surface area (Å²) in [5.41, 5.74) is 1.38. The minimum atomic E-state index is 0. The summed E-state index contributed by atoms with van der Waals surface area (Å²) in [7, 11) is 0. The number of nitrogens with one attached hydrogen (secondary N) is 1. The molecule has 0 bridgehead atoms. The molecule has 0 saturated carbocycles. The first kappa shape index (κ1) is 11.4. The molecule has 1 aromatic rings. The lowest BCUT2D eigenvalue weighted by Gasteiger charge is -2.58. The van der Waals surface area contributed by atoms with E-state index in [2.05, 4.69) is 17.4 Å². The summed E-state index contributed by atoms with van der Waals surface area (Å²) in [6.45, 7) is 2.69. The molecule has 3 rings (SSSR count). The number of amides is 1. The monoisotopic (exact) mass is 238 g/mol. The number of hydrogen-bond donors (Lipinski definition) is 1. The number of benzene rings is 1. The van der Waals surface area contributed by atoms with E-state index < -0.39 is 0 Å². The Kier molecular flexibility index (Phi) is 2.91. The van der Waals surface area contributed by atoms with Gasteiger partial charge in [0.2, 0.25) is 5.91 Å². The molecule has 2 saturated heterocycles. The van der Waals surface area contributed by atoms with Gasteiger partial charge in [0.1, 0.15) is 0 Å². The molecule has 3 nitrogen and oxygen atoms in total. The predicted octanol–water partition coefficient (Wildman–Crippen LogP) is 1.18. The van der Waals surface area contributed by atoms with Gasteiger partial charge in [0, 0.05) is 19.6 Å². The van der Waals surface area contributed by atoms with Crippen LogP contribution >= 0.6 is 12.4 Å². The number of likely N-dealkylation sites (tertiary alicyclic amines) is 1. The van der Waals surface area contributed by atoms with Crippen LogP contribution in [0, 0.1) is 0 Å². The number of hydrogen-bond acceptors (Lipinski definition) is 2. The largest absolute Gasteiger partial charge is 0.330 e. The van der Waals surface area contributed by atoms with Gasteiger partial charge in [-0.15, -0.1) is 12.4 Å². The summed E-state index contributed by atoms with van der Waals surface area (Å²) < 4.78 is 0. The second kappa shape index (κ2) is 4.07. The van der Waals surface area contributed by atoms with E-state index in [1.54, 1.807) is 0 Å². The molecule has 1 amide bonds. The molecule has 0 aliphatic carbocycles. The van der Waals surface area contributed by atoms with E-state index in [1.165, 1.54) is 5.56 Å².